The number of hydrogen-bond acceptors (Lipinski definition) is 2. The largest absolute Gasteiger partial charge is 0.297 e. The molecule has 0 aliphatic heterocycles. The van der Waals surface area contributed by atoms with Crippen molar-refractivity contribution in [1.29, 1.82) is 0 Å². The maximum Gasteiger partial charge on any atom is 0.157 e. The van der Waals surface area contributed by atoms with E-state index in [1.807, 2.05) is 43.3 Å². The highest BCUT2D eigenvalue weighted by Gasteiger charge is 2.36. The summed E-state index contributed by atoms with van der Waals surface area (Å²) in [7, 11) is 3.95. The van der Waals surface area contributed by atoms with Crippen LogP contribution in [0.3, 0.4) is 0 Å². The van der Waals surface area contributed by atoms with Crippen molar-refractivity contribution in [2.45, 2.75) is 38.6 Å². The van der Waals surface area contributed by atoms with Crippen LogP contribution in [0.4, 0.5) is 0 Å². The van der Waals surface area contributed by atoms with Gasteiger partial charge in [-0.2, -0.15) is 0 Å². The third-order valence-corrected chi connectivity index (χ3v) is 4.03. The van der Waals surface area contributed by atoms with E-state index >= 15 is 0 Å². The third kappa shape index (κ3) is 3.12. The van der Waals surface area contributed by atoms with E-state index in [4.69, 9.17) is 11.6 Å². The highest BCUT2D eigenvalue weighted by Crippen LogP contribution is 2.25. The molecule has 1 aromatic carbocycles. The van der Waals surface area contributed by atoms with Gasteiger partial charge in [0, 0.05) is 11.4 Å². The molecule has 18 heavy (non-hydrogen) atoms. The number of Topliss-reactive ketones (excluding diaryl/α,β-unsaturated/α-hetero) is 1. The van der Waals surface area contributed by atoms with E-state index in [0.29, 0.717) is 11.4 Å². The molecule has 0 aliphatic carbocycles. The normalized spacial score (nSPS) is 11.9. The van der Waals surface area contributed by atoms with Crippen LogP contribution in [-0.4, -0.2) is 30.3 Å². The van der Waals surface area contributed by atoms with Gasteiger partial charge in [0.2, 0.25) is 0 Å². The lowest BCUT2D eigenvalue weighted by molar-refractivity contribution is -0.129. The molecule has 2 nitrogen and oxygen atoms in total. The molecule has 0 spiro atoms. The highest BCUT2D eigenvalue weighted by molar-refractivity contribution is 6.30. The average Bonchev–Trinajstić information content (AvgIpc) is 2.30. The van der Waals surface area contributed by atoms with Crippen LogP contribution in [0.5, 0.6) is 0 Å². The van der Waals surface area contributed by atoms with Gasteiger partial charge in [-0.3, -0.25) is 9.69 Å². The molecule has 0 N–H and O–H groups in total. The first-order chi connectivity index (χ1) is 8.46. The molecule has 0 fully saturated rings. The monoisotopic (exact) mass is 267 g/mol. The van der Waals surface area contributed by atoms with E-state index in [1.165, 1.54) is 0 Å². The van der Waals surface area contributed by atoms with Gasteiger partial charge in [-0.25, -0.2) is 0 Å². The molecule has 0 atom stereocenters. The molecule has 0 aromatic heterocycles. The molecule has 0 amide bonds. The van der Waals surface area contributed by atoms with Gasteiger partial charge in [0.15, 0.2) is 5.78 Å². The Bertz CT molecular complexity index is 411. The molecule has 0 heterocycles. The van der Waals surface area contributed by atoms with Gasteiger partial charge in [0.05, 0.1) is 5.54 Å². The second-order valence-corrected chi connectivity index (χ2v) is 5.30. The fraction of sp³-hybridized carbons (Fsp3) is 0.533. The molecule has 3 heteroatoms. The molecule has 0 saturated heterocycles. The minimum atomic E-state index is -0.359. The first-order valence-corrected chi connectivity index (χ1v) is 6.79. The zero-order chi connectivity index (χ0) is 13.8. The predicted octanol–water partition coefficient (Wildman–Crippen LogP) is 3.57. The lowest BCUT2D eigenvalue weighted by Gasteiger charge is -2.37. The van der Waals surface area contributed by atoms with Crippen LogP contribution in [0.25, 0.3) is 0 Å². The van der Waals surface area contributed by atoms with Crippen molar-refractivity contribution in [2.75, 3.05) is 14.1 Å². The lowest BCUT2D eigenvalue weighted by atomic mass is 9.83. The summed E-state index contributed by atoms with van der Waals surface area (Å²) in [5, 5.41) is 0.684. The number of hydrogen-bond donors (Lipinski definition) is 0. The summed E-state index contributed by atoms with van der Waals surface area (Å²) in [6.07, 6.45) is 2.10. The van der Waals surface area contributed by atoms with Crippen LogP contribution in [0, 0.1) is 0 Å². The standard InChI is InChI=1S/C15H22ClNO/c1-5-15(6-2,17(3)4)14(18)11-12-8-7-9-13(16)10-12/h7-10H,5-6,11H2,1-4H3. The molecule has 0 saturated carbocycles. The van der Waals surface area contributed by atoms with Crippen molar-refractivity contribution in [3.63, 3.8) is 0 Å². The van der Waals surface area contributed by atoms with Crippen LogP contribution >= 0.6 is 11.6 Å². The fourth-order valence-corrected chi connectivity index (χ4v) is 2.74. The average molecular weight is 268 g/mol. The number of halogens is 1. The van der Waals surface area contributed by atoms with Gasteiger partial charge >= 0.3 is 0 Å². The number of carbonyl (C=O) groups is 1. The first kappa shape index (κ1) is 15.2. The Morgan fingerprint density at radius 1 is 1.28 bits per heavy atom. The summed E-state index contributed by atoms with van der Waals surface area (Å²) in [4.78, 5) is 14.6. The van der Waals surface area contributed by atoms with Crippen LogP contribution < -0.4 is 0 Å². The Balaban J connectivity index is 2.92. The van der Waals surface area contributed by atoms with E-state index in [2.05, 4.69) is 13.8 Å². The van der Waals surface area contributed by atoms with Crippen molar-refractivity contribution in [1.82, 2.24) is 4.90 Å². The van der Waals surface area contributed by atoms with Crippen molar-refractivity contribution in [3.05, 3.63) is 34.9 Å². The Morgan fingerprint density at radius 3 is 2.33 bits per heavy atom. The zero-order valence-corrected chi connectivity index (χ0v) is 12.4. The lowest BCUT2D eigenvalue weighted by Crippen LogP contribution is -2.50. The SMILES string of the molecule is CCC(CC)(C(=O)Cc1cccc(Cl)c1)N(C)C. The topological polar surface area (TPSA) is 20.3 Å². The first-order valence-electron chi connectivity index (χ1n) is 6.41. The Labute approximate surface area is 115 Å². The molecule has 0 aliphatic rings. The number of nitrogens with zero attached hydrogens (tertiary/aromatic N) is 1. The van der Waals surface area contributed by atoms with E-state index in [9.17, 15) is 4.79 Å². The maximum atomic E-state index is 12.6. The molecule has 0 radical (unpaired) electrons. The number of benzene rings is 1. The second-order valence-electron chi connectivity index (χ2n) is 4.86. The molecule has 1 aromatic rings. The Morgan fingerprint density at radius 2 is 1.89 bits per heavy atom. The van der Waals surface area contributed by atoms with E-state index in [1.54, 1.807) is 0 Å². The fourth-order valence-electron chi connectivity index (χ4n) is 2.52. The van der Waals surface area contributed by atoms with Crippen molar-refractivity contribution in [2.24, 2.45) is 0 Å². The van der Waals surface area contributed by atoms with Gasteiger partial charge in [-0.1, -0.05) is 37.6 Å². The number of carbonyl (C=O) groups excluding carboxylic acids is 1. The molecule has 0 bridgehead atoms. The van der Waals surface area contributed by atoms with Gasteiger partial charge in [0.25, 0.3) is 0 Å². The summed E-state index contributed by atoms with van der Waals surface area (Å²) in [5.74, 6) is 0.264. The van der Waals surface area contributed by atoms with Crippen molar-refractivity contribution in [3.8, 4) is 0 Å². The highest BCUT2D eigenvalue weighted by atomic mass is 35.5. The van der Waals surface area contributed by atoms with Gasteiger partial charge in [-0.15, -0.1) is 0 Å². The van der Waals surface area contributed by atoms with Gasteiger partial charge in [0.1, 0.15) is 0 Å². The minimum absolute atomic E-state index is 0.264. The molecular formula is C15H22ClNO. The van der Waals surface area contributed by atoms with Crippen molar-refractivity contribution < 1.29 is 4.79 Å². The second kappa shape index (κ2) is 6.35. The zero-order valence-electron chi connectivity index (χ0n) is 11.7. The number of rotatable bonds is 6. The number of ketones is 1. The summed E-state index contributed by atoms with van der Waals surface area (Å²) in [5.41, 5.74) is 0.628. The summed E-state index contributed by atoms with van der Waals surface area (Å²) in [6.45, 7) is 4.14. The summed E-state index contributed by atoms with van der Waals surface area (Å²) >= 11 is 5.95. The third-order valence-electron chi connectivity index (χ3n) is 3.80. The van der Waals surface area contributed by atoms with Crippen LogP contribution in [0.1, 0.15) is 32.3 Å². The summed E-state index contributed by atoms with van der Waals surface area (Å²) in [6, 6.07) is 7.54. The van der Waals surface area contributed by atoms with Crippen molar-refractivity contribution >= 4 is 17.4 Å². The van der Waals surface area contributed by atoms with Gasteiger partial charge in [-0.05, 0) is 44.6 Å². The molecular weight excluding hydrogens is 246 g/mol. The summed E-state index contributed by atoms with van der Waals surface area (Å²) < 4.78 is 0. The predicted molar refractivity (Wildman–Crippen MR) is 77.2 cm³/mol. The molecule has 1 rings (SSSR count). The molecule has 0 unspecified atom stereocenters. The molecule has 100 valence electrons. The smallest absolute Gasteiger partial charge is 0.157 e. The van der Waals surface area contributed by atoms with Crippen LogP contribution in [0.15, 0.2) is 24.3 Å². The van der Waals surface area contributed by atoms with Crippen LogP contribution in [0.2, 0.25) is 5.02 Å². The Kier molecular flexibility index (Phi) is 5.36. The number of likely N-dealkylation sites (N-methyl/N-ethyl adjacent to an activating group) is 1. The quantitative estimate of drug-likeness (QED) is 0.785. The van der Waals surface area contributed by atoms with E-state index < -0.39 is 0 Å². The van der Waals surface area contributed by atoms with Gasteiger partial charge < -0.3 is 0 Å². The maximum absolute atomic E-state index is 12.6. The van der Waals surface area contributed by atoms with Crippen LogP contribution in [-0.2, 0) is 11.2 Å². The Hall–Kier alpha value is -0.860. The van der Waals surface area contributed by atoms with E-state index in [0.717, 1.165) is 18.4 Å². The van der Waals surface area contributed by atoms with E-state index in [-0.39, 0.29) is 11.3 Å². The minimum Gasteiger partial charge on any atom is -0.297 e.